The van der Waals surface area contributed by atoms with Crippen LogP contribution in [0.25, 0.3) is 0 Å². The lowest BCUT2D eigenvalue weighted by Gasteiger charge is -2.32. The lowest BCUT2D eigenvalue weighted by Crippen LogP contribution is -2.47. The highest BCUT2D eigenvalue weighted by Crippen LogP contribution is 2.32. The normalized spacial score (nSPS) is 17.7. The number of thioether (sulfide) groups is 1. The number of halogens is 3. The number of hydrogen-bond donors (Lipinski definition) is 3. The SMILES string of the molecule is CC(C)(C)OC(=O)Nc1ccc(C(F)(F)F)cc1C(=O)NCC(=O)N[C@H]1CCCC[C@@H]1CSc1ccccc1. The summed E-state index contributed by atoms with van der Waals surface area (Å²) in [7, 11) is 0. The molecule has 0 spiro atoms. The second kappa shape index (κ2) is 13.2. The van der Waals surface area contributed by atoms with Crippen LogP contribution < -0.4 is 16.0 Å². The van der Waals surface area contributed by atoms with Crippen LogP contribution in [0.3, 0.4) is 0 Å². The zero-order chi connectivity index (χ0) is 28.6. The molecule has 3 amide bonds. The highest BCUT2D eigenvalue weighted by Gasteiger charge is 2.32. The number of rotatable bonds is 8. The van der Waals surface area contributed by atoms with Crippen LogP contribution >= 0.6 is 11.8 Å². The number of anilines is 1. The van der Waals surface area contributed by atoms with Gasteiger partial charge in [0.05, 0.1) is 23.4 Å². The van der Waals surface area contributed by atoms with Crippen molar-refractivity contribution in [1.82, 2.24) is 10.6 Å². The molecule has 1 aliphatic rings. The minimum absolute atomic E-state index is 0.0580. The molecule has 7 nitrogen and oxygen atoms in total. The first-order valence-electron chi connectivity index (χ1n) is 12.8. The summed E-state index contributed by atoms with van der Waals surface area (Å²) in [6, 6.07) is 12.3. The van der Waals surface area contributed by atoms with Gasteiger partial charge in [0.15, 0.2) is 0 Å². The lowest BCUT2D eigenvalue weighted by molar-refractivity contribution is -0.137. The molecule has 0 bridgehead atoms. The van der Waals surface area contributed by atoms with Crippen LogP contribution in [0.5, 0.6) is 0 Å². The average Bonchev–Trinajstić information content (AvgIpc) is 2.86. The van der Waals surface area contributed by atoms with Gasteiger partial charge in [-0.05, 0) is 69.9 Å². The predicted molar refractivity (Wildman–Crippen MR) is 145 cm³/mol. The fourth-order valence-corrected chi connectivity index (χ4v) is 5.42. The molecule has 0 aliphatic heterocycles. The molecular formula is C28H34F3N3O4S. The van der Waals surface area contributed by atoms with Gasteiger partial charge in [0, 0.05) is 16.7 Å². The Balaban J connectivity index is 1.63. The molecule has 3 N–H and O–H groups in total. The fraction of sp³-hybridized carbons (Fsp3) is 0.464. The van der Waals surface area contributed by atoms with E-state index < -0.39 is 47.4 Å². The molecule has 11 heteroatoms. The van der Waals surface area contributed by atoms with E-state index in [0.717, 1.165) is 48.5 Å². The summed E-state index contributed by atoms with van der Waals surface area (Å²) in [6.07, 6.45) is -1.78. The standard InChI is InChI=1S/C28H34F3N3O4S/c1-27(2,3)38-26(37)34-23-14-13-19(28(29,30)31)15-21(23)25(36)32-16-24(35)33-22-12-8-7-9-18(22)17-39-20-10-5-4-6-11-20/h4-6,10-11,13-15,18,22H,7-9,12,16-17H2,1-3H3,(H,32,36)(H,33,35)(H,34,37)/t18-,22+/m1/s1. The van der Waals surface area contributed by atoms with E-state index in [1.165, 1.54) is 0 Å². The average molecular weight is 566 g/mol. The van der Waals surface area contributed by atoms with Gasteiger partial charge in [-0.3, -0.25) is 14.9 Å². The Morgan fingerprint density at radius 1 is 1.00 bits per heavy atom. The van der Waals surface area contributed by atoms with Crippen LogP contribution in [0.1, 0.15) is 62.4 Å². The molecule has 1 aliphatic carbocycles. The van der Waals surface area contributed by atoms with E-state index in [4.69, 9.17) is 4.74 Å². The zero-order valence-corrected chi connectivity index (χ0v) is 23.0. The summed E-state index contributed by atoms with van der Waals surface area (Å²) in [5.41, 5.74) is -2.51. The number of carbonyl (C=O) groups is 3. The van der Waals surface area contributed by atoms with Crippen LogP contribution in [0.4, 0.5) is 23.7 Å². The molecule has 1 saturated carbocycles. The first-order valence-corrected chi connectivity index (χ1v) is 13.8. The lowest BCUT2D eigenvalue weighted by atomic mass is 9.86. The summed E-state index contributed by atoms with van der Waals surface area (Å²) >= 11 is 1.73. The number of nitrogens with one attached hydrogen (secondary N) is 3. The summed E-state index contributed by atoms with van der Waals surface area (Å²) in [5.74, 6) is -0.261. The van der Waals surface area contributed by atoms with Gasteiger partial charge in [-0.15, -0.1) is 11.8 Å². The van der Waals surface area contributed by atoms with Crippen LogP contribution in [0, 0.1) is 5.92 Å². The quantitative estimate of drug-likeness (QED) is 0.329. The molecule has 0 heterocycles. The first-order chi connectivity index (χ1) is 18.3. The Hall–Kier alpha value is -3.21. The topological polar surface area (TPSA) is 96.5 Å². The van der Waals surface area contributed by atoms with Crippen molar-refractivity contribution in [3.63, 3.8) is 0 Å². The summed E-state index contributed by atoms with van der Waals surface area (Å²) < 4.78 is 45.1. The Bertz CT molecular complexity index is 1150. The third kappa shape index (κ3) is 9.80. The van der Waals surface area contributed by atoms with Crippen molar-refractivity contribution < 1.29 is 32.3 Å². The molecular weight excluding hydrogens is 531 g/mol. The van der Waals surface area contributed by atoms with Gasteiger partial charge in [-0.2, -0.15) is 13.2 Å². The summed E-state index contributed by atoms with van der Waals surface area (Å²) in [4.78, 5) is 38.9. The molecule has 2 aromatic carbocycles. The van der Waals surface area contributed by atoms with E-state index >= 15 is 0 Å². The molecule has 3 rings (SSSR count). The van der Waals surface area contributed by atoms with E-state index in [1.807, 2.05) is 30.3 Å². The van der Waals surface area contributed by atoms with Crippen molar-refractivity contribution in [3.8, 4) is 0 Å². The van der Waals surface area contributed by atoms with Gasteiger partial charge < -0.3 is 15.4 Å². The summed E-state index contributed by atoms with van der Waals surface area (Å²) in [6.45, 7) is 4.46. The van der Waals surface area contributed by atoms with Crippen LogP contribution in [-0.4, -0.2) is 41.8 Å². The Morgan fingerprint density at radius 2 is 1.69 bits per heavy atom. The zero-order valence-electron chi connectivity index (χ0n) is 22.2. The van der Waals surface area contributed by atoms with Gasteiger partial charge >= 0.3 is 12.3 Å². The van der Waals surface area contributed by atoms with E-state index in [2.05, 4.69) is 16.0 Å². The van der Waals surface area contributed by atoms with Gasteiger partial charge in [-0.1, -0.05) is 31.0 Å². The number of amides is 3. The first kappa shape index (κ1) is 30.3. The van der Waals surface area contributed by atoms with Crippen molar-refractivity contribution in [2.45, 2.75) is 69.2 Å². The molecule has 2 aromatic rings. The Kier molecular flexibility index (Phi) is 10.3. The van der Waals surface area contributed by atoms with E-state index in [1.54, 1.807) is 32.5 Å². The maximum Gasteiger partial charge on any atom is 0.416 e. The maximum atomic E-state index is 13.3. The summed E-state index contributed by atoms with van der Waals surface area (Å²) in [5, 5.41) is 7.69. The van der Waals surface area contributed by atoms with Crippen LogP contribution in [-0.2, 0) is 15.7 Å². The molecule has 212 valence electrons. The van der Waals surface area contributed by atoms with Crippen molar-refractivity contribution in [1.29, 1.82) is 0 Å². The smallest absolute Gasteiger partial charge is 0.416 e. The van der Waals surface area contributed by atoms with Crippen molar-refractivity contribution >= 4 is 35.4 Å². The number of carbonyl (C=O) groups excluding carboxylic acids is 3. The minimum atomic E-state index is -4.70. The number of benzene rings is 2. The molecule has 39 heavy (non-hydrogen) atoms. The molecule has 0 radical (unpaired) electrons. The van der Waals surface area contributed by atoms with Gasteiger partial charge in [0.2, 0.25) is 5.91 Å². The van der Waals surface area contributed by atoms with Crippen LogP contribution in [0.2, 0.25) is 0 Å². The third-order valence-corrected chi connectivity index (χ3v) is 7.30. The second-order valence-corrected chi connectivity index (χ2v) is 11.5. The predicted octanol–water partition coefficient (Wildman–Crippen LogP) is 6.25. The maximum absolute atomic E-state index is 13.3. The fourth-order valence-electron chi connectivity index (χ4n) is 4.26. The molecule has 2 atom stereocenters. The van der Waals surface area contributed by atoms with Crippen LogP contribution in [0.15, 0.2) is 53.4 Å². The molecule has 1 fully saturated rings. The van der Waals surface area contributed by atoms with E-state index in [0.29, 0.717) is 6.07 Å². The second-order valence-electron chi connectivity index (χ2n) is 10.4. The third-order valence-electron chi connectivity index (χ3n) is 6.10. The Labute approximate surface area is 230 Å². The monoisotopic (exact) mass is 565 g/mol. The van der Waals surface area contributed by atoms with Crippen molar-refractivity contribution in [3.05, 3.63) is 59.7 Å². The number of hydrogen-bond acceptors (Lipinski definition) is 5. The van der Waals surface area contributed by atoms with E-state index in [9.17, 15) is 27.6 Å². The number of ether oxygens (including phenoxy) is 1. The highest BCUT2D eigenvalue weighted by molar-refractivity contribution is 7.99. The molecule has 0 aromatic heterocycles. The largest absolute Gasteiger partial charge is 0.444 e. The molecule has 0 unspecified atom stereocenters. The van der Waals surface area contributed by atoms with E-state index in [-0.39, 0.29) is 17.6 Å². The Morgan fingerprint density at radius 3 is 2.36 bits per heavy atom. The van der Waals surface area contributed by atoms with Gasteiger partial charge in [-0.25, -0.2) is 4.79 Å². The van der Waals surface area contributed by atoms with Gasteiger partial charge in [0.1, 0.15) is 5.60 Å². The number of alkyl halides is 3. The molecule has 0 saturated heterocycles. The highest BCUT2D eigenvalue weighted by atomic mass is 32.2. The van der Waals surface area contributed by atoms with Crippen molar-refractivity contribution in [2.24, 2.45) is 5.92 Å². The van der Waals surface area contributed by atoms with Crippen molar-refractivity contribution in [2.75, 3.05) is 17.6 Å². The minimum Gasteiger partial charge on any atom is -0.444 e. The van der Waals surface area contributed by atoms with Gasteiger partial charge in [0.25, 0.3) is 5.91 Å².